The number of fused-ring (bicyclic) bond motifs is 12. The zero-order valence-corrected chi connectivity index (χ0v) is 34.2. The van der Waals surface area contributed by atoms with E-state index in [1.807, 2.05) is 30.3 Å². The normalized spacial score (nSPS) is 12.1. The fraction of sp³-hybridized carbons (Fsp3) is 0. The summed E-state index contributed by atoms with van der Waals surface area (Å²) in [6.45, 7) is 0. The van der Waals surface area contributed by atoms with E-state index in [1.165, 1.54) is 10.8 Å². The van der Waals surface area contributed by atoms with Crippen LogP contribution in [0.1, 0.15) is 0 Å². The number of nitrogens with zero attached hydrogens (tertiary/aromatic N) is 6. The molecule has 0 aliphatic heterocycles. The lowest BCUT2D eigenvalue weighted by Crippen LogP contribution is -2.10. The van der Waals surface area contributed by atoms with Crippen LogP contribution in [0, 0.1) is 0 Å². The minimum absolute atomic E-state index is 0.537. The van der Waals surface area contributed by atoms with Crippen molar-refractivity contribution in [3.05, 3.63) is 206 Å². The molecule has 9 aromatic carbocycles. The first-order valence-electron chi connectivity index (χ1n) is 21.5. The fourth-order valence-corrected chi connectivity index (χ4v) is 10.3. The van der Waals surface area contributed by atoms with Gasteiger partial charge < -0.3 is 8.98 Å². The molecule has 0 fully saturated rings. The molecule has 0 saturated carbocycles. The molecule has 14 aromatic rings. The summed E-state index contributed by atoms with van der Waals surface area (Å²) in [7, 11) is 0. The smallest absolute Gasteiger partial charge is 0.240 e. The van der Waals surface area contributed by atoms with E-state index < -0.39 is 0 Å². The molecule has 0 bridgehead atoms. The highest BCUT2D eigenvalue weighted by Gasteiger charge is 2.25. The van der Waals surface area contributed by atoms with Gasteiger partial charge in [-0.2, -0.15) is 15.0 Å². The molecule has 0 aliphatic rings. The molecule has 64 heavy (non-hydrogen) atoms. The Bertz CT molecular complexity index is 4160. The van der Waals surface area contributed by atoms with Crippen LogP contribution in [0.4, 0.5) is 0 Å². The monoisotopic (exact) mass is 818 g/mol. The van der Waals surface area contributed by atoms with Gasteiger partial charge in [0.15, 0.2) is 5.82 Å². The van der Waals surface area contributed by atoms with Gasteiger partial charge in [0.1, 0.15) is 11.2 Å². The van der Waals surface area contributed by atoms with Crippen molar-refractivity contribution in [2.24, 2.45) is 0 Å². The van der Waals surface area contributed by atoms with Gasteiger partial charge in [-0.05, 0) is 54.1 Å². The number of benzene rings is 9. The zero-order valence-electron chi connectivity index (χ0n) is 34.2. The van der Waals surface area contributed by atoms with Gasteiger partial charge >= 0.3 is 0 Å². The Morgan fingerprint density at radius 1 is 0.312 bits per heavy atom. The van der Waals surface area contributed by atoms with E-state index >= 15 is 0 Å². The summed E-state index contributed by atoms with van der Waals surface area (Å²) >= 11 is 0. The van der Waals surface area contributed by atoms with Gasteiger partial charge in [-0.25, -0.2) is 0 Å². The van der Waals surface area contributed by atoms with Crippen molar-refractivity contribution in [2.75, 3.05) is 0 Å². The molecule has 0 unspecified atom stereocenters. The van der Waals surface area contributed by atoms with Crippen LogP contribution < -0.4 is 0 Å². The first kappa shape index (κ1) is 34.9. The summed E-state index contributed by atoms with van der Waals surface area (Å²) in [5.74, 6) is 1.68. The van der Waals surface area contributed by atoms with Crippen LogP contribution in [0.5, 0.6) is 0 Å². The topological polar surface area (TPSA) is 66.6 Å². The van der Waals surface area contributed by atoms with E-state index in [2.05, 4.69) is 190 Å². The molecule has 14 rings (SSSR count). The quantitative estimate of drug-likeness (QED) is 0.173. The molecule has 298 valence electrons. The van der Waals surface area contributed by atoms with Crippen molar-refractivity contribution in [2.45, 2.75) is 0 Å². The Balaban J connectivity index is 1.09. The summed E-state index contributed by atoms with van der Waals surface area (Å²) in [6, 6.07) is 72.5. The van der Waals surface area contributed by atoms with Crippen LogP contribution in [0.25, 0.3) is 127 Å². The Kier molecular flexibility index (Phi) is 7.27. The highest BCUT2D eigenvalue weighted by molar-refractivity contribution is 6.21. The maximum atomic E-state index is 6.43. The van der Waals surface area contributed by atoms with Gasteiger partial charge in [-0.15, -0.1) is 0 Å². The minimum Gasteiger partial charge on any atom is -0.456 e. The SMILES string of the molecule is c1ccc(-c2nc(-n3c4ccccc4c4ccccc43)nc(-n3c4ccccc4c4c(-n5c6ccccc6c6cccc(-c7cccc8oc9ccccc9c78)c65)cccc43)n2)cc1. The molecular formula is C57H34N6O. The minimum atomic E-state index is 0.537. The van der Waals surface area contributed by atoms with Crippen LogP contribution >= 0.6 is 0 Å². The number of para-hydroxylation sites is 6. The van der Waals surface area contributed by atoms with Gasteiger partial charge in [0.25, 0.3) is 0 Å². The summed E-state index contributed by atoms with van der Waals surface area (Å²) in [5, 5.41) is 9.06. The number of rotatable bonds is 5. The second-order valence-electron chi connectivity index (χ2n) is 16.3. The maximum absolute atomic E-state index is 6.43. The Morgan fingerprint density at radius 2 is 0.797 bits per heavy atom. The molecule has 0 amide bonds. The Morgan fingerprint density at radius 3 is 1.52 bits per heavy atom. The number of hydrogen-bond donors (Lipinski definition) is 0. The second kappa shape index (κ2) is 13.3. The zero-order chi connectivity index (χ0) is 41.9. The van der Waals surface area contributed by atoms with Crippen LogP contribution in [-0.2, 0) is 0 Å². The first-order chi connectivity index (χ1) is 31.8. The van der Waals surface area contributed by atoms with Crippen LogP contribution in [0.2, 0.25) is 0 Å². The van der Waals surface area contributed by atoms with E-state index in [0.717, 1.165) is 99.0 Å². The van der Waals surface area contributed by atoms with Crippen LogP contribution in [-0.4, -0.2) is 28.7 Å². The first-order valence-corrected chi connectivity index (χ1v) is 21.5. The Labute approximate surface area is 365 Å². The van der Waals surface area contributed by atoms with E-state index in [-0.39, 0.29) is 0 Å². The summed E-state index contributed by atoms with van der Waals surface area (Å²) < 4.78 is 13.3. The van der Waals surface area contributed by atoms with E-state index in [4.69, 9.17) is 19.4 Å². The third-order valence-electron chi connectivity index (χ3n) is 12.9. The highest BCUT2D eigenvalue weighted by atomic mass is 16.3. The third-order valence-corrected chi connectivity index (χ3v) is 12.9. The van der Waals surface area contributed by atoms with E-state index in [9.17, 15) is 0 Å². The molecule has 0 saturated heterocycles. The summed E-state index contributed by atoms with van der Waals surface area (Å²) in [5.41, 5.74) is 12.3. The lowest BCUT2D eigenvalue weighted by molar-refractivity contribution is 0.669. The van der Waals surface area contributed by atoms with Crippen molar-refractivity contribution in [1.82, 2.24) is 28.7 Å². The lowest BCUT2D eigenvalue weighted by atomic mass is 9.97. The number of furan rings is 1. The van der Waals surface area contributed by atoms with Gasteiger partial charge in [0, 0.05) is 54.2 Å². The molecule has 7 nitrogen and oxygen atoms in total. The van der Waals surface area contributed by atoms with E-state index in [0.29, 0.717) is 17.7 Å². The standard InChI is InChI=1S/C57H34N6O/c1-2-17-35(18-3-1)55-58-56(62-45-28-10-4-19-36(45)37-20-5-11-29-46(37)62)60-57(59-55)63-47-30-12-7-22-42(47)53-48(31-16-32-49(53)63)61-44-27-9-6-21-38(44)40-25-14-26-41(54(40)61)39-24-15-34-51-52(39)43-23-8-13-33-50(43)64-51/h1-34H. The van der Waals surface area contributed by atoms with Crippen molar-refractivity contribution in [3.8, 4) is 40.1 Å². The average molecular weight is 819 g/mol. The molecule has 5 aromatic heterocycles. The average Bonchev–Trinajstić information content (AvgIpc) is 4.11. The molecule has 7 heteroatoms. The van der Waals surface area contributed by atoms with Gasteiger partial charge in [0.2, 0.25) is 11.9 Å². The molecule has 0 spiro atoms. The third kappa shape index (κ3) is 4.89. The predicted octanol–water partition coefficient (Wildman–Crippen LogP) is 14.4. The van der Waals surface area contributed by atoms with Crippen molar-refractivity contribution >= 4 is 87.4 Å². The summed E-state index contributed by atoms with van der Waals surface area (Å²) in [6.07, 6.45) is 0. The highest BCUT2D eigenvalue weighted by Crippen LogP contribution is 2.45. The largest absolute Gasteiger partial charge is 0.456 e. The predicted molar refractivity (Wildman–Crippen MR) is 261 cm³/mol. The van der Waals surface area contributed by atoms with Crippen molar-refractivity contribution in [1.29, 1.82) is 0 Å². The number of hydrogen-bond acceptors (Lipinski definition) is 4. The molecule has 5 heterocycles. The van der Waals surface area contributed by atoms with Crippen molar-refractivity contribution < 1.29 is 4.42 Å². The number of aromatic nitrogens is 6. The summed E-state index contributed by atoms with van der Waals surface area (Å²) in [4.78, 5) is 16.0. The van der Waals surface area contributed by atoms with Crippen LogP contribution in [0.15, 0.2) is 211 Å². The fourth-order valence-electron chi connectivity index (χ4n) is 10.3. The molecule has 0 aliphatic carbocycles. The van der Waals surface area contributed by atoms with E-state index in [1.54, 1.807) is 0 Å². The molecule has 0 atom stereocenters. The molecule has 0 radical (unpaired) electrons. The van der Waals surface area contributed by atoms with Crippen LogP contribution in [0.3, 0.4) is 0 Å². The second-order valence-corrected chi connectivity index (χ2v) is 16.3. The van der Waals surface area contributed by atoms with Gasteiger partial charge in [-0.1, -0.05) is 158 Å². The molecule has 0 N–H and O–H groups in total. The van der Waals surface area contributed by atoms with Crippen molar-refractivity contribution in [3.63, 3.8) is 0 Å². The molecular weight excluding hydrogens is 785 g/mol. The maximum Gasteiger partial charge on any atom is 0.240 e. The van der Waals surface area contributed by atoms with Gasteiger partial charge in [0.05, 0.1) is 38.8 Å². The lowest BCUT2D eigenvalue weighted by Gasteiger charge is -2.15. The Hall–Kier alpha value is -8.81. The van der Waals surface area contributed by atoms with Gasteiger partial charge in [-0.3, -0.25) is 9.13 Å².